The summed E-state index contributed by atoms with van der Waals surface area (Å²) in [5.74, 6) is -3.44. The predicted molar refractivity (Wildman–Crippen MR) is 113 cm³/mol. The first-order valence-corrected chi connectivity index (χ1v) is 12.5. The highest BCUT2D eigenvalue weighted by atomic mass is 35.5. The van der Waals surface area contributed by atoms with Gasteiger partial charge in [0.05, 0.1) is 23.2 Å². The second kappa shape index (κ2) is 7.65. The van der Waals surface area contributed by atoms with Crippen molar-refractivity contribution in [3.63, 3.8) is 0 Å². The number of hydrogen-bond donors (Lipinski definition) is 1. The maximum atomic E-state index is 15.4. The minimum absolute atomic E-state index is 0.0175. The van der Waals surface area contributed by atoms with Gasteiger partial charge in [0.1, 0.15) is 10.6 Å². The zero-order valence-corrected chi connectivity index (χ0v) is 18.9. The van der Waals surface area contributed by atoms with Crippen molar-refractivity contribution in [3.05, 3.63) is 58.6 Å². The molecule has 0 radical (unpaired) electrons. The van der Waals surface area contributed by atoms with Gasteiger partial charge in [-0.3, -0.25) is 0 Å². The molecule has 2 heterocycles. The molecule has 2 aromatic carbocycles. The highest BCUT2D eigenvalue weighted by Gasteiger charge is 2.66. The van der Waals surface area contributed by atoms with Crippen molar-refractivity contribution in [2.24, 2.45) is 17.8 Å². The van der Waals surface area contributed by atoms with E-state index in [1.165, 1.54) is 24.3 Å². The van der Waals surface area contributed by atoms with Gasteiger partial charge in [0.15, 0.2) is 27.7 Å². The zero-order valence-electron chi connectivity index (χ0n) is 17.3. The Labute approximate surface area is 190 Å². The molecule has 0 spiro atoms. The highest BCUT2D eigenvalue weighted by molar-refractivity contribution is 7.92. The normalized spacial score (nSPS) is 33.7. The molecular formula is C23H23ClF2O5S. The number of fused-ring (bicyclic) bond motifs is 5. The van der Waals surface area contributed by atoms with Crippen molar-refractivity contribution in [3.8, 4) is 5.75 Å². The molecule has 1 aliphatic carbocycles. The van der Waals surface area contributed by atoms with Crippen LogP contribution in [0, 0.1) is 29.4 Å². The summed E-state index contributed by atoms with van der Waals surface area (Å²) in [5.41, 5.74) is -0.265. The Morgan fingerprint density at radius 2 is 1.84 bits per heavy atom. The fourth-order valence-electron chi connectivity index (χ4n) is 6.07. The third-order valence-corrected chi connectivity index (χ3v) is 10.2. The van der Waals surface area contributed by atoms with E-state index in [0.717, 1.165) is 12.1 Å². The molecular weight excluding hydrogens is 462 g/mol. The number of aliphatic hydroxyl groups is 1. The Bertz CT molecular complexity index is 1160. The number of benzene rings is 2. The molecule has 0 bridgehead atoms. The average Bonchev–Trinajstić information content (AvgIpc) is 3.11. The minimum Gasteiger partial charge on any atom is -0.490 e. The molecule has 32 heavy (non-hydrogen) atoms. The van der Waals surface area contributed by atoms with E-state index in [1.807, 2.05) is 6.92 Å². The molecule has 2 aromatic rings. The van der Waals surface area contributed by atoms with Crippen molar-refractivity contribution in [2.75, 3.05) is 6.61 Å². The Balaban J connectivity index is 1.79. The fraction of sp³-hybridized carbons (Fsp3) is 0.478. The summed E-state index contributed by atoms with van der Waals surface area (Å²) in [5, 5.41) is 10.8. The molecule has 2 aliphatic heterocycles. The van der Waals surface area contributed by atoms with Gasteiger partial charge in [-0.15, -0.1) is 0 Å². The maximum Gasteiger partial charge on any atom is 0.188 e. The molecule has 1 unspecified atom stereocenters. The Hall–Kier alpha value is -1.74. The van der Waals surface area contributed by atoms with Crippen molar-refractivity contribution in [2.45, 2.75) is 48.2 Å². The summed E-state index contributed by atoms with van der Waals surface area (Å²) in [6.07, 6.45) is -0.562. The van der Waals surface area contributed by atoms with Crippen LogP contribution in [0.5, 0.6) is 5.75 Å². The molecule has 1 saturated heterocycles. The van der Waals surface area contributed by atoms with Crippen LogP contribution in [0.25, 0.3) is 0 Å². The number of rotatable bonds is 3. The fourth-order valence-corrected chi connectivity index (χ4v) is 8.58. The van der Waals surface area contributed by atoms with Gasteiger partial charge in [-0.2, -0.15) is 0 Å². The summed E-state index contributed by atoms with van der Waals surface area (Å²) < 4.78 is 68.3. The quantitative estimate of drug-likeness (QED) is 0.697. The van der Waals surface area contributed by atoms with Crippen LogP contribution in [0.3, 0.4) is 0 Å². The monoisotopic (exact) mass is 484 g/mol. The van der Waals surface area contributed by atoms with E-state index in [0.29, 0.717) is 11.4 Å². The van der Waals surface area contributed by atoms with Crippen LogP contribution >= 0.6 is 11.6 Å². The molecule has 6 atom stereocenters. The smallest absolute Gasteiger partial charge is 0.188 e. The van der Waals surface area contributed by atoms with Crippen LogP contribution in [-0.4, -0.2) is 32.5 Å². The van der Waals surface area contributed by atoms with E-state index in [9.17, 15) is 17.9 Å². The molecule has 2 fully saturated rings. The van der Waals surface area contributed by atoms with E-state index < -0.39 is 38.4 Å². The van der Waals surface area contributed by atoms with Crippen LogP contribution in [0.4, 0.5) is 8.78 Å². The number of halogens is 3. The predicted octanol–water partition coefficient (Wildman–Crippen LogP) is 4.45. The molecule has 5 rings (SSSR count). The third-order valence-electron chi connectivity index (χ3n) is 7.43. The standard InChI is InChI=1S/C23H23ClF2O5S/c1-2-14-19-15-11-30-21-17(26)8-7-16(25)20(21)23(15,10-9-18(19)31-22(14)27)32(28,29)13-5-3-12(24)4-6-13/h3-8,14-15,18-19,22,27H,2,9-11H2,1H3/t14-,15+,18-,19+,22?,23+/m1/s1. The number of aliphatic hydroxyl groups excluding tert-OH is 1. The van der Waals surface area contributed by atoms with Gasteiger partial charge >= 0.3 is 0 Å². The lowest BCUT2D eigenvalue weighted by Gasteiger charge is -2.51. The van der Waals surface area contributed by atoms with Crippen molar-refractivity contribution < 1.29 is 31.8 Å². The molecule has 9 heteroatoms. The van der Waals surface area contributed by atoms with E-state index >= 15 is 4.39 Å². The van der Waals surface area contributed by atoms with Crippen molar-refractivity contribution in [1.82, 2.24) is 0 Å². The Morgan fingerprint density at radius 1 is 1.16 bits per heavy atom. The topological polar surface area (TPSA) is 72.8 Å². The van der Waals surface area contributed by atoms with Gasteiger partial charge in [-0.05, 0) is 55.7 Å². The third kappa shape index (κ3) is 2.89. The average molecular weight is 485 g/mol. The summed E-state index contributed by atoms with van der Waals surface area (Å²) >= 11 is 5.97. The lowest BCUT2D eigenvalue weighted by molar-refractivity contribution is -0.113. The zero-order chi connectivity index (χ0) is 22.8. The summed E-state index contributed by atoms with van der Waals surface area (Å²) in [6.45, 7) is 1.77. The van der Waals surface area contributed by atoms with Crippen LogP contribution in [0.1, 0.15) is 31.7 Å². The van der Waals surface area contributed by atoms with Gasteiger partial charge in [-0.1, -0.05) is 18.5 Å². The first-order chi connectivity index (χ1) is 15.2. The molecule has 3 aliphatic rings. The number of hydrogen-bond acceptors (Lipinski definition) is 5. The summed E-state index contributed by atoms with van der Waals surface area (Å²) in [6, 6.07) is 7.59. The van der Waals surface area contributed by atoms with Gasteiger partial charge < -0.3 is 14.6 Å². The Morgan fingerprint density at radius 3 is 2.53 bits per heavy atom. The summed E-state index contributed by atoms with van der Waals surface area (Å²) in [7, 11) is -4.22. The maximum absolute atomic E-state index is 15.4. The van der Waals surface area contributed by atoms with Crippen molar-refractivity contribution >= 4 is 21.4 Å². The van der Waals surface area contributed by atoms with Crippen LogP contribution < -0.4 is 4.74 Å². The minimum atomic E-state index is -4.22. The molecule has 1 N–H and O–H groups in total. The molecule has 0 amide bonds. The van der Waals surface area contributed by atoms with E-state index in [1.54, 1.807) is 0 Å². The lowest BCUT2D eigenvalue weighted by atomic mass is 9.63. The SMILES string of the molecule is CC[C@H]1C(O)O[C@@H]2CC[C@@]3(S(=O)(=O)c4ccc(Cl)cc4)c4c(F)ccc(F)c4OC[C@H]3[C@@H]21. The Kier molecular flexibility index (Phi) is 5.28. The first kappa shape index (κ1) is 22.1. The van der Waals surface area contributed by atoms with Crippen LogP contribution in [-0.2, 0) is 19.3 Å². The van der Waals surface area contributed by atoms with Crippen LogP contribution in [0.15, 0.2) is 41.3 Å². The molecule has 5 nitrogen and oxygen atoms in total. The van der Waals surface area contributed by atoms with Gasteiger partial charge in [0.25, 0.3) is 0 Å². The highest BCUT2D eigenvalue weighted by Crippen LogP contribution is 2.61. The van der Waals surface area contributed by atoms with Gasteiger partial charge in [-0.25, -0.2) is 17.2 Å². The largest absolute Gasteiger partial charge is 0.490 e. The van der Waals surface area contributed by atoms with E-state index in [4.69, 9.17) is 21.1 Å². The first-order valence-electron chi connectivity index (χ1n) is 10.7. The van der Waals surface area contributed by atoms with E-state index in [2.05, 4.69) is 0 Å². The second-order valence-corrected chi connectivity index (χ2v) is 11.4. The molecule has 1 saturated carbocycles. The number of sulfone groups is 1. The number of ether oxygens (including phenoxy) is 2. The van der Waals surface area contributed by atoms with Crippen molar-refractivity contribution in [1.29, 1.82) is 0 Å². The molecule has 172 valence electrons. The molecule has 0 aromatic heterocycles. The summed E-state index contributed by atoms with van der Waals surface area (Å²) in [4.78, 5) is -0.0191. The van der Waals surface area contributed by atoms with Gasteiger partial charge in [0.2, 0.25) is 0 Å². The van der Waals surface area contributed by atoms with E-state index in [-0.39, 0.29) is 53.6 Å². The lowest BCUT2D eigenvalue weighted by Crippen LogP contribution is -2.57. The second-order valence-electron chi connectivity index (χ2n) is 8.75. The van der Waals surface area contributed by atoms with Crippen LogP contribution in [0.2, 0.25) is 5.02 Å². The van der Waals surface area contributed by atoms with Gasteiger partial charge in [0, 0.05) is 22.8 Å².